The van der Waals surface area contributed by atoms with Gasteiger partial charge < -0.3 is 14.9 Å². The molecule has 0 heterocycles. The van der Waals surface area contributed by atoms with Gasteiger partial charge in [-0.05, 0) is 0 Å². The molecule has 0 bridgehead atoms. The van der Waals surface area contributed by atoms with Crippen molar-refractivity contribution < 1.29 is 50.6 Å². The Hall–Kier alpha value is 0.450. The predicted octanol–water partition coefficient (Wildman–Crippen LogP) is -4.37. The minimum absolute atomic E-state index is 0.128. The van der Waals surface area contributed by atoms with Gasteiger partial charge in [-0.25, -0.2) is 0 Å². The van der Waals surface area contributed by atoms with Crippen molar-refractivity contribution >= 4 is 0 Å². The molecule has 1 unspecified atom stereocenters. The normalized spacial score (nSPS) is 12.9. The second-order valence-corrected chi connectivity index (χ2v) is 5.66. The zero-order valence-electron chi connectivity index (χ0n) is 12.1. The first kappa shape index (κ1) is 20.5. The molecule has 1 atom stereocenters. The summed E-state index contributed by atoms with van der Waals surface area (Å²) in [5.74, 6) is 0. The van der Waals surface area contributed by atoms with Crippen molar-refractivity contribution in [2.24, 2.45) is 0 Å². The van der Waals surface area contributed by atoms with E-state index in [1.54, 1.807) is 0 Å². The quantitative estimate of drug-likeness (QED) is 0.103. The van der Waals surface area contributed by atoms with Gasteiger partial charge in [0, 0.05) is 0 Å². The van der Waals surface area contributed by atoms with Crippen LogP contribution in [0.25, 0.3) is 0 Å². The minimum Gasteiger partial charge on any atom is -0.394 e. The molecule has 0 saturated heterocycles. The maximum atomic E-state index is 9.00. The van der Waals surface area contributed by atoms with E-state index in [2.05, 4.69) is 8.46 Å². The van der Waals surface area contributed by atoms with Crippen LogP contribution in [0.15, 0.2) is 0 Å². The standard InChI is InChI=1S/C12H27INO6/c1-13-14-2-3-17-4-5-18-6-7-19-8-9-20-11-12(16)10-15/h12,14-16H,2-11H2,1H3/q-1. The van der Waals surface area contributed by atoms with Crippen molar-refractivity contribution in [3.8, 4) is 0 Å². The molecule has 3 N–H and O–H groups in total. The van der Waals surface area contributed by atoms with Gasteiger partial charge in [-0.3, -0.25) is 0 Å². The zero-order chi connectivity index (χ0) is 14.9. The van der Waals surface area contributed by atoms with E-state index < -0.39 is 6.10 Å². The van der Waals surface area contributed by atoms with E-state index in [1.807, 2.05) is 0 Å². The van der Waals surface area contributed by atoms with Gasteiger partial charge in [0.2, 0.25) is 0 Å². The number of aliphatic hydroxyl groups excluding tert-OH is 2. The molecule has 20 heavy (non-hydrogen) atoms. The van der Waals surface area contributed by atoms with E-state index in [0.29, 0.717) is 39.6 Å². The topological polar surface area (TPSA) is 89.4 Å². The smallest absolute Gasteiger partial charge is 0.394 e. The molecule has 8 heteroatoms. The second-order valence-electron chi connectivity index (χ2n) is 3.82. The summed E-state index contributed by atoms with van der Waals surface area (Å²) in [6, 6.07) is 0. The summed E-state index contributed by atoms with van der Waals surface area (Å²) in [6.07, 6.45) is -0.812. The summed E-state index contributed by atoms with van der Waals surface area (Å²) >= 11 is 0.147. The van der Waals surface area contributed by atoms with Gasteiger partial charge in [0.25, 0.3) is 0 Å². The Balaban J connectivity index is 2.96. The fourth-order valence-electron chi connectivity index (χ4n) is 1.14. The first-order chi connectivity index (χ1) is 9.81. The van der Waals surface area contributed by atoms with Crippen LogP contribution in [-0.2, 0) is 18.9 Å². The average molecular weight is 408 g/mol. The van der Waals surface area contributed by atoms with Crippen molar-refractivity contribution in [1.29, 1.82) is 0 Å². The Labute approximate surface area is 131 Å². The van der Waals surface area contributed by atoms with Gasteiger partial charge in [0.05, 0.1) is 13.2 Å². The number of ether oxygens (including phenoxy) is 4. The van der Waals surface area contributed by atoms with Crippen molar-refractivity contribution in [3.05, 3.63) is 0 Å². The van der Waals surface area contributed by atoms with Crippen LogP contribution >= 0.6 is 0 Å². The summed E-state index contributed by atoms with van der Waals surface area (Å²) in [5.41, 5.74) is 0. The maximum absolute atomic E-state index is 9.00. The molecule has 0 rings (SSSR count). The van der Waals surface area contributed by atoms with Crippen molar-refractivity contribution in [1.82, 2.24) is 3.53 Å². The molecule has 0 saturated carbocycles. The number of hydrogen-bond acceptors (Lipinski definition) is 7. The molecule has 0 aliphatic carbocycles. The molecular weight excluding hydrogens is 381 g/mol. The van der Waals surface area contributed by atoms with E-state index >= 15 is 0 Å². The van der Waals surface area contributed by atoms with Crippen molar-refractivity contribution in [3.63, 3.8) is 0 Å². The summed E-state index contributed by atoms with van der Waals surface area (Å²) in [5, 5.41) is 17.5. The van der Waals surface area contributed by atoms with Gasteiger partial charge in [-0.15, -0.1) is 0 Å². The van der Waals surface area contributed by atoms with Gasteiger partial charge in [0.1, 0.15) is 6.10 Å². The van der Waals surface area contributed by atoms with E-state index in [0.717, 1.165) is 13.2 Å². The van der Waals surface area contributed by atoms with Crippen LogP contribution in [0.4, 0.5) is 0 Å². The Morgan fingerprint density at radius 3 is 1.90 bits per heavy atom. The Kier molecular flexibility index (Phi) is 17.9. The molecule has 0 aromatic carbocycles. The fourth-order valence-corrected chi connectivity index (χ4v) is 1.90. The third-order valence-corrected chi connectivity index (χ3v) is 3.41. The second kappa shape index (κ2) is 17.5. The predicted molar refractivity (Wildman–Crippen MR) is 70.3 cm³/mol. The third kappa shape index (κ3) is 16.5. The number of rotatable bonds is 16. The minimum atomic E-state index is -0.812. The third-order valence-electron chi connectivity index (χ3n) is 2.11. The summed E-state index contributed by atoms with van der Waals surface area (Å²) in [7, 11) is 0. The number of aliphatic hydroxyl groups is 2. The van der Waals surface area contributed by atoms with Crippen LogP contribution in [0.1, 0.15) is 0 Å². The van der Waals surface area contributed by atoms with Gasteiger partial charge in [-0.1, -0.05) is 0 Å². The average Bonchev–Trinajstić information content (AvgIpc) is 2.47. The van der Waals surface area contributed by atoms with Crippen LogP contribution in [0.3, 0.4) is 0 Å². The molecule has 0 radical (unpaired) electrons. The first-order valence-electron chi connectivity index (χ1n) is 6.62. The molecule has 0 aromatic rings. The van der Waals surface area contributed by atoms with E-state index in [1.165, 1.54) is 0 Å². The molecular formula is C12H27INO6-. The molecule has 7 nitrogen and oxygen atoms in total. The molecule has 124 valence electrons. The molecule has 0 aromatic heterocycles. The molecule has 0 aliphatic rings. The van der Waals surface area contributed by atoms with Crippen LogP contribution in [0.2, 0.25) is 0 Å². The fraction of sp³-hybridized carbons (Fsp3) is 1.00. The number of nitrogens with one attached hydrogen (secondary N) is 1. The van der Waals surface area contributed by atoms with Crippen molar-refractivity contribution in [2.45, 2.75) is 6.10 Å². The van der Waals surface area contributed by atoms with Gasteiger partial charge >= 0.3 is 96.9 Å². The van der Waals surface area contributed by atoms with Crippen molar-refractivity contribution in [2.75, 3.05) is 70.9 Å². The van der Waals surface area contributed by atoms with Crippen LogP contribution in [0, 0.1) is 0 Å². The SMILES string of the molecule is C[I-]NCCOCCOCCOCCOCC(O)CO. The van der Waals surface area contributed by atoms with Crippen LogP contribution < -0.4 is 25.0 Å². The molecule has 0 fully saturated rings. The van der Waals surface area contributed by atoms with Gasteiger partial charge in [0.15, 0.2) is 0 Å². The monoisotopic (exact) mass is 408 g/mol. The van der Waals surface area contributed by atoms with Gasteiger partial charge in [-0.2, -0.15) is 0 Å². The first-order valence-corrected chi connectivity index (χ1v) is 9.86. The van der Waals surface area contributed by atoms with Crippen LogP contribution in [0.5, 0.6) is 0 Å². The van der Waals surface area contributed by atoms with E-state index in [9.17, 15) is 0 Å². The Morgan fingerprint density at radius 1 is 0.900 bits per heavy atom. The molecule has 0 spiro atoms. The van der Waals surface area contributed by atoms with Crippen LogP contribution in [-0.4, -0.2) is 87.3 Å². The summed E-state index contributed by atoms with van der Waals surface area (Å²) in [4.78, 5) is 2.17. The zero-order valence-corrected chi connectivity index (χ0v) is 14.2. The number of hydrogen-bond donors (Lipinski definition) is 3. The summed E-state index contributed by atoms with van der Waals surface area (Å²) < 4.78 is 24.3. The number of alkyl halides is 1. The molecule has 0 aliphatic heterocycles. The number of halogens is 1. The Bertz CT molecular complexity index is 189. The van der Waals surface area contributed by atoms with E-state index in [4.69, 9.17) is 29.2 Å². The van der Waals surface area contributed by atoms with E-state index in [-0.39, 0.29) is 34.7 Å². The molecule has 0 amide bonds. The Morgan fingerprint density at radius 2 is 1.40 bits per heavy atom. The summed E-state index contributed by atoms with van der Waals surface area (Å²) in [6.45, 7) is 4.54.